The number of hydrogen-bond donors (Lipinski definition) is 1. The van der Waals surface area contributed by atoms with Crippen LogP contribution in [0.3, 0.4) is 0 Å². The Labute approximate surface area is 105 Å². The van der Waals surface area contributed by atoms with E-state index in [1.807, 2.05) is 0 Å². The van der Waals surface area contributed by atoms with E-state index in [1.54, 1.807) is 12.1 Å². The quantitative estimate of drug-likeness (QED) is 0.516. The van der Waals surface area contributed by atoms with Crippen LogP contribution in [-0.2, 0) is 0 Å². The van der Waals surface area contributed by atoms with Gasteiger partial charge in [-0.2, -0.15) is 5.10 Å². The highest BCUT2D eigenvalue weighted by atomic mass is 35.5. The van der Waals surface area contributed by atoms with Gasteiger partial charge in [-0.25, -0.2) is 0 Å². The summed E-state index contributed by atoms with van der Waals surface area (Å²) >= 11 is 5.56. The molecule has 0 amide bonds. The normalized spacial score (nSPS) is 10.7. The van der Waals surface area contributed by atoms with Crippen molar-refractivity contribution in [2.45, 2.75) is 0 Å². The third kappa shape index (κ3) is 3.01. The van der Waals surface area contributed by atoms with Gasteiger partial charge in [-0.05, 0) is 18.2 Å². The molecule has 0 bridgehead atoms. The van der Waals surface area contributed by atoms with Crippen LogP contribution in [0.5, 0.6) is 0 Å². The van der Waals surface area contributed by atoms with Crippen molar-refractivity contribution in [1.82, 2.24) is 10.2 Å². The molecule has 8 nitrogen and oxygen atoms in total. The maximum atomic E-state index is 10.4. The molecule has 0 unspecified atom stereocenters. The molecule has 0 fully saturated rings. The average Bonchev–Trinajstić information content (AvgIpc) is 2.81. The predicted octanol–water partition coefficient (Wildman–Crippen LogP) is 2.08. The summed E-state index contributed by atoms with van der Waals surface area (Å²) in [5.74, 6) is 0.288. The van der Waals surface area contributed by atoms with Crippen molar-refractivity contribution in [1.29, 1.82) is 0 Å². The van der Waals surface area contributed by atoms with E-state index < -0.39 is 4.92 Å². The minimum absolute atomic E-state index is 0.246. The van der Waals surface area contributed by atoms with Crippen LogP contribution in [0.15, 0.2) is 33.8 Å². The SMILES string of the molecule is O=[N+]([O-])c1ccc(C=NNc2ccc(Cl)nn2)o1. The summed E-state index contributed by atoms with van der Waals surface area (Å²) in [7, 11) is 0. The van der Waals surface area contributed by atoms with Crippen LogP contribution in [0.4, 0.5) is 11.7 Å². The molecule has 0 aliphatic heterocycles. The van der Waals surface area contributed by atoms with Gasteiger partial charge in [-0.15, -0.1) is 10.2 Å². The third-order valence-electron chi connectivity index (χ3n) is 1.80. The minimum Gasteiger partial charge on any atom is -0.400 e. The van der Waals surface area contributed by atoms with Crippen LogP contribution in [0, 0.1) is 10.1 Å². The van der Waals surface area contributed by atoms with Gasteiger partial charge in [0.25, 0.3) is 0 Å². The number of furan rings is 1. The lowest BCUT2D eigenvalue weighted by atomic mass is 10.5. The number of halogens is 1. The van der Waals surface area contributed by atoms with Crippen LogP contribution in [0.25, 0.3) is 0 Å². The Bertz CT molecular complexity index is 580. The van der Waals surface area contributed by atoms with Gasteiger partial charge in [-0.1, -0.05) is 11.6 Å². The van der Waals surface area contributed by atoms with Crippen LogP contribution in [0.2, 0.25) is 5.15 Å². The zero-order chi connectivity index (χ0) is 13.0. The molecule has 0 saturated heterocycles. The molecule has 18 heavy (non-hydrogen) atoms. The molecule has 2 aromatic heterocycles. The molecule has 0 atom stereocenters. The molecule has 0 spiro atoms. The first-order valence-electron chi connectivity index (χ1n) is 4.68. The summed E-state index contributed by atoms with van der Waals surface area (Å²) in [4.78, 5) is 9.73. The summed E-state index contributed by atoms with van der Waals surface area (Å²) in [6.45, 7) is 0. The third-order valence-corrected chi connectivity index (χ3v) is 2.00. The highest BCUT2D eigenvalue weighted by Gasteiger charge is 2.09. The Morgan fingerprint density at radius 2 is 2.22 bits per heavy atom. The molecule has 0 aliphatic carbocycles. The Balaban J connectivity index is 1.98. The Morgan fingerprint density at radius 1 is 1.39 bits per heavy atom. The van der Waals surface area contributed by atoms with E-state index in [-0.39, 0.29) is 16.8 Å². The van der Waals surface area contributed by atoms with Gasteiger partial charge >= 0.3 is 5.88 Å². The number of hydrazone groups is 1. The van der Waals surface area contributed by atoms with Crippen LogP contribution >= 0.6 is 11.6 Å². The van der Waals surface area contributed by atoms with Crippen LogP contribution < -0.4 is 5.43 Å². The van der Waals surface area contributed by atoms with Gasteiger partial charge in [0.05, 0.1) is 12.3 Å². The van der Waals surface area contributed by atoms with Crippen LogP contribution in [0.1, 0.15) is 5.76 Å². The van der Waals surface area contributed by atoms with E-state index in [0.29, 0.717) is 5.82 Å². The van der Waals surface area contributed by atoms with Gasteiger partial charge in [0.2, 0.25) is 0 Å². The number of aromatic nitrogens is 2. The Morgan fingerprint density at radius 3 is 2.83 bits per heavy atom. The van der Waals surface area contributed by atoms with Crippen molar-refractivity contribution in [3.63, 3.8) is 0 Å². The smallest absolute Gasteiger partial charge is 0.400 e. The molecule has 1 N–H and O–H groups in total. The summed E-state index contributed by atoms with van der Waals surface area (Å²) in [6, 6.07) is 5.79. The number of anilines is 1. The summed E-state index contributed by atoms with van der Waals surface area (Å²) in [6.07, 6.45) is 1.28. The fourth-order valence-corrected chi connectivity index (χ4v) is 1.15. The van der Waals surface area contributed by atoms with Gasteiger partial charge in [0, 0.05) is 0 Å². The fraction of sp³-hybridized carbons (Fsp3) is 0. The summed E-state index contributed by atoms with van der Waals surface area (Å²) in [5.41, 5.74) is 2.57. The van der Waals surface area contributed by atoms with Crippen molar-refractivity contribution in [2.75, 3.05) is 5.43 Å². The largest absolute Gasteiger partial charge is 0.433 e. The molecular weight excluding hydrogens is 262 g/mol. The fourth-order valence-electron chi connectivity index (χ4n) is 1.05. The summed E-state index contributed by atoms with van der Waals surface area (Å²) in [5, 5.41) is 21.7. The van der Waals surface area contributed by atoms with E-state index in [2.05, 4.69) is 20.7 Å². The minimum atomic E-state index is -0.630. The van der Waals surface area contributed by atoms with E-state index in [4.69, 9.17) is 16.0 Å². The molecular formula is C9H6ClN5O3. The average molecular weight is 268 g/mol. The van der Waals surface area contributed by atoms with Crippen LogP contribution in [-0.4, -0.2) is 21.3 Å². The number of rotatable bonds is 4. The molecule has 0 radical (unpaired) electrons. The lowest BCUT2D eigenvalue weighted by Gasteiger charge is -1.95. The zero-order valence-corrected chi connectivity index (χ0v) is 9.53. The van der Waals surface area contributed by atoms with Crippen molar-refractivity contribution in [2.24, 2.45) is 5.10 Å². The van der Waals surface area contributed by atoms with E-state index >= 15 is 0 Å². The number of nitrogens with one attached hydrogen (secondary N) is 1. The molecule has 0 aromatic carbocycles. The molecule has 92 valence electrons. The first kappa shape index (κ1) is 12.0. The summed E-state index contributed by atoms with van der Waals surface area (Å²) < 4.78 is 4.86. The highest BCUT2D eigenvalue weighted by Crippen LogP contribution is 2.14. The molecule has 2 heterocycles. The van der Waals surface area contributed by atoms with Crippen molar-refractivity contribution in [3.05, 3.63) is 45.3 Å². The van der Waals surface area contributed by atoms with E-state index in [9.17, 15) is 10.1 Å². The Hall–Kier alpha value is -2.48. The zero-order valence-electron chi connectivity index (χ0n) is 8.78. The van der Waals surface area contributed by atoms with Gasteiger partial charge < -0.3 is 4.42 Å². The highest BCUT2D eigenvalue weighted by molar-refractivity contribution is 6.29. The first-order valence-corrected chi connectivity index (χ1v) is 5.05. The van der Waals surface area contributed by atoms with E-state index in [1.165, 1.54) is 18.3 Å². The van der Waals surface area contributed by atoms with Crippen molar-refractivity contribution in [3.8, 4) is 0 Å². The number of nitrogens with zero attached hydrogens (tertiary/aromatic N) is 4. The van der Waals surface area contributed by atoms with Gasteiger partial charge in [-0.3, -0.25) is 15.5 Å². The van der Waals surface area contributed by atoms with Crippen molar-refractivity contribution >= 4 is 29.5 Å². The molecule has 2 rings (SSSR count). The maximum absolute atomic E-state index is 10.4. The van der Waals surface area contributed by atoms with Gasteiger partial charge in [0.15, 0.2) is 16.7 Å². The molecule has 2 aromatic rings. The maximum Gasteiger partial charge on any atom is 0.433 e. The van der Waals surface area contributed by atoms with E-state index in [0.717, 1.165) is 0 Å². The second-order valence-corrected chi connectivity index (χ2v) is 3.43. The lowest BCUT2D eigenvalue weighted by Crippen LogP contribution is -1.94. The number of hydrogen-bond acceptors (Lipinski definition) is 7. The van der Waals surface area contributed by atoms with Gasteiger partial charge in [0.1, 0.15) is 4.92 Å². The number of nitro groups is 1. The second kappa shape index (κ2) is 5.23. The Kier molecular flexibility index (Phi) is 3.49. The topological polar surface area (TPSA) is 106 Å². The standard InChI is InChI=1S/C9H6ClN5O3/c10-7-2-3-8(14-12-7)13-11-5-6-1-4-9(18-6)15(16)17/h1-5H,(H,13,14). The second-order valence-electron chi connectivity index (χ2n) is 3.04. The molecule has 9 heteroatoms. The first-order chi connectivity index (χ1) is 8.65. The van der Waals surface area contributed by atoms with Crippen molar-refractivity contribution < 1.29 is 9.34 Å². The monoisotopic (exact) mass is 267 g/mol. The molecule has 0 aliphatic rings. The lowest BCUT2D eigenvalue weighted by molar-refractivity contribution is -0.402. The molecule has 0 saturated carbocycles. The predicted molar refractivity (Wildman–Crippen MR) is 63.6 cm³/mol.